The van der Waals surface area contributed by atoms with Crippen molar-refractivity contribution in [3.8, 4) is 0 Å². The maximum Gasteiger partial charge on any atom is 0.257 e. The Morgan fingerprint density at radius 1 is 1.39 bits per heavy atom. The van der Waals surface area contributed by atoms with E-state index in [2.05, 4.69) is 10.6 Å². The first-order valence-corrected chi connectivity index (χ1v) is 7.46. The van der Waals surface area contributed by atoms with Crippen LogP contribution in [0, 0.1) is 0 Å². The van der Waals surface area contributed by atoms with Crippen molar-refractivity contribution >= 4 is 17.7 Å². The van der Waals surface area contributed by atoms with Gasteiger partial charge in [-0.25, -0.2) is 0 Å². The smallest absolute Gasteiger partial charge is 0.257 e. The zero-order chi connectivity index (χ0) is 17.8. The molecule has 0 radical (unpaired) electrons. The normalized spacial score (nSPS) is 18.9. The number of methoxy groups -OCH3 is 1. The lowest BCUT2D eigenvalue weighted by atomic mass is 10.1. The monoisotopic (exact) mass is 323 g/mol. The van der Waals surface area contributed by atoms with Crippen molar-refractivity contribution < 1.29 is 19.1 Å². The van der Waals surface area contributed by atoms with Crippen molar-refractivity contribution in [3.05, 3.63) is 35.8 Å². The van der Waals surface area contributed by atoms with E-state index >= 15 is 0 Å². The molecule has 23 heavy (non-hydrogen) atoms. The van der Waals surface area contributed by atoms with Crippen LogP contribution >= 0.6 is 0 Å². The van der Waals surface area contributed by atoms with Crippen molar-refractivity contribution in [3.63, 3.8) is 0 Å². The third-order valence-electron chi connectivity index (χ3n) is 2.80. The highest BCUT2D eigenvalue weighted by Gasteiger charge is 2.29. The molecular formula is C16H25N3O4. The van der Waals surface area contributed by atoms with E-state index in [0.29, 0.717) is 0 Å². The second kappa shape index (κ2) is 11.1. The van der Waals surface area contributed by atoms with E-state index in [1.54, 1.807) is 18.2 Å². The van der Waals surface area contributed by atoms with Gasteiger partial charge in [-0.15, -0.1) is 0 Å². The number of allylic oxidation sites excluding steroid dienone is 3. The highest BCUT2D eigenvalue weighted by molar-refractivity contribution is 6.04. The summed E-state index contributed by atoms with van der Waals surface area (Å²) < 4.78 is 4.84. The van der Waals surface area contributed by atoms with Crippen LogP contribution in [0.1, 0.15) is 33.6 Å². The Balaban J connectivity index is 0.00000232. The van der Waals surface area contributed by atoms with Crippen molar-refractivity contribution in [2.24, 2.45) is 5.73 Å². The molecule has 1 aliphatic rings. The highest BCUT2D eigenvalue weighted by Crippen LogP contribution is 2.09. The maximum absolute atomic E-state index is 12.2. The van der Waals surface area contributed by atoms with E-state index < -0.39 is 17.9 Å². The molecule has 4 N–H and O–H groups in total. The van der Waals surface area contributed by atoms with E-state index in [4.69, 9.17) is 10.5 Å². The predicted octanol–water partition coefficient (Wildman–Crippen LogP) is 0.883. The molecule has 0 bridgehead atoms. The summed E-state index contributed by atoms with van der Waals surface area (Å²) in [5.41, 5.74) is 6.12. The minimum atomic E-state index is -0.759. The molecule has 1 atom stereocenters. The quantitative estimate of drug-likeness (QED) is 0.301. The van der Waals surface area contributed by atoms with Gasteiger partial charge >= 0.3 is 0 Å². The Morgan fingerprint density at radius 2 is 2.04 bits per heavy atom. The van der Waals surface area contributed by atoms with Crippen LogP contribution in [0.25, 0.3) is 0 Å². The maximum atomic E-state index is 12.2. The third kappa shape index (κ3) is 6.82. The summed E-state index contributed by atoms with van der Waals surface area (Å²) in [5.74, 6) is -1.40. The Morgan fingerprint density at radius 3 is 2.57 bits per heavy atom. The summed E-state index contributed by atoms with van der Waals surface area (Å²) in [6, 6.07) is -0.759. The Hall–Kier alpha value is -2.57. The number of hydrogen-bond donors (Lipinski definition) is 3. The predicted molar refractivity (Wildman–Crippen MR) is 87.8 cm³/mol. The zero-order valence-electron chi connectivity index (χ0n) is 14.0. The molecule has 0 saturated carbocycles. The molecule has 1 fully saturated rings. The molecule has 7 nitrogen and oxygen atoms in total. The third-order valence-corrected chi connectivity index (χ3v) is 2.80. The van der Waals surface area contributed by atoms with Gasteiger partial charge in [0.05, 0.1) is 18.9 Å². The van der Waals surface area contributed by atoms with Gasteiger partial charge in [0, 0.05) is 12.1 Å². The van der Waals surface area contributed by atoms with E-state index in [1.807, 2.05) is 20.8 Å². The second-order valence-corrected chi connectivity index (χ2v) is 4.39. The van der Waals surface area contributed by atoms with Crippen LogP contribution in [0.15, 0.2) is 35.8 Å². The fraction of sp³-hybridized carbons (Fsp3) is 0.438. The summed E-state index contributed by atoms with van der Waals surface area (Å²) in [6.45, 7) is 5.81. The SMILES string of the molecule is CC.C\C=C/C=C(N)\C(=C/OC)C(=O)NC1CCC(=O)NC1=O. The zero-order valence-corrected chi connectivity index (χ0v) is 14.0. The van der Waals surface area contributed by atoms with Gasteiger partial charge in [-0.05, 0) is 19.4 Å². The van der Waals surface area contributed by atoms with E-state index in [1.165, 1.54) is 13.4 Å². The van der Waals surface area contributed by atoms with Crippen molar-refractivity contribution in [2.75, 3.05) is 7.11 Å². The summed E-state index contributed by atoms with van der Waals surface area (Å²) in [7, 11) is 1.39. The van der Waals surface area contributed by atoms with Crippen molar-refractivity contribution in [1.29, 1.82) is 0 Å². The molecule has 0 aromatic rings. The Kier molecular flexibility index (Phi) is 9.82. The summed E-state index contributed by atoms with van der Waals surface area (Å²) >= 11 is 0. The lowest BCUT2D eigenvalue weighted by molar-refractivity contribution is -0.136. The van der Waals surface area contributed by atoms with Crippen LogP contribution in [0.4, 0.5) is 0 Å². The van der Waals surface area contributed by atoms with Gasteiger partial charge in [0.25, 0.3) is 5.91 Å². The number of nitrogens with one attached hydrogen (secondary N) is 2. The number of rotatable bonds is 5. The van der Waals surface area contributed by atoms with Crippen LogP contribution in [-0.4, -0.2) is 30.9 Å². The molecule has 0 spiro atoms. The molecule has 1 heterocycles. The molecule has 3 amide bonds. The molecular weight excluding hydrogens is 298 g/mol. The fourth-order valence-corrected chi connectivity index (χ4v) is 1.73. The molecule has 1 unspecified atom stereocenters. The number of carbonyl (C=O) groups excluding carboxylic acids is 3. The largest absolute Gasteiger partial charge is 0.503 e. The fourth-order valence-electron chi connectivity index (χ4n) is 1.73. The summed E-state index contributed by atoms with van der Waals surface area (Å²) in [5, 5.41) is 4.70. The molecule has 1 saturated heterocycles. The first-order chi connectivity index (χ1) is 11.0. The van der Waals surface area contributed by atoms with Crippen molar-refractivity contribution in [2.45, 2.75) is 39.7 Å². The topological polar surface area (TPSA) is 111 Å². The van der Waals surface area contributed by atoms with Gasteiger partial charge in [-0.2, -0.15) is 0 Å². The number of imide groups is 1. The number of ether oxygens (including phenoxy) is 1. The van der Waals surface area contributed by atoms with Gasteiger partial charge in [-0.1, -0.05) is 26.0 Å². The highest BCUT2D eigenvalue weighted by atomic mass is 16.5. The number of amides is 3. The van der Waals surface area contributed by atoms with E-state index in [-0.39, 0.29) is 30.0 Å². The molecule has 1 aliphatic heterocycles. The molecule has 1 rings (SSSR count). The number of hydrogen-bond acceptors (Lipinski definition) is 5. The molecule has 7 heteroatoms. The first-order valence-electron chi connectivity index (χ1n) is 7.46. The molecule has 0 aromatic heterocycles. The Labute approximate surface area is 136 Å². The van der Waals surface area contributed by atoms with Gasteiger partial charge in [0.2, 0.25) is 11.8 Å². The van der Waals surface area contributed by atoms with Crippen LogP contribution in [0.5, 0.6) is 0 Å². The van der Waals surface area contributed by atoms with Crippen molar-refractivity contribution in [1.82, 2.24) is 10.6 Å². The van der Waals surface area contributed by atoms with Gasteiger partial charge in [0.1, 0.15) is 6.04 Å². The van der Waals surface area contributed by atoms with Crippen LogP contribution in [0.3, 0.4) is 0 Å². The van der Waals surface area contributed by atoms with E-state index in [0.717, 1.165) is 0 Å². The second-order valence-electron chi connectivity index (χ2n) is 4.39. The minimum absolute atomic E-state index is 0.111. The number of carbonyl (C=O) groups is 3. The van der Waals surface area contributed by atoms with Crippen LogP contribution in [0.2, 0.25) is 0 Å². The standard InChI is InChI=1S/C14H19N3O4.C2H6/c1-3-4-5-10(15)9(8-21-2)13(19)16-11-6-7-12(18)17-14(11)20;1-2/h3-5,8,11H,6-7,15H2,1-2H3,(H,16,19)(H,17,18,20);1-2H3/b4-3-,9-8+,10-5+;. The first kappa shape index (κ1) is 20.4. The average molecular weight is 323 g/mol. The minimum Gasteiger partial charge on any atom is -0.503 e. The Bertz CT molecular complexity index is 521. The lowest BCUT2D eigenvalue weighted by Crippen LogP contribution is -2.52. The lowest BCUT2D eigenvalue weighted by Gasteiger charge is -2.22. The van der Waals surface area contributed by atoms with Gasteiger partial charge in [0.15, 0.2) is 0 Å². The molecule has 0 aromatic carbocycles. The number of piperidine rings is 1. The van der Waals surface area contributed by atoms with Gasteiger partial charge in [-0.3, -0.25) is 19.7 Å². The average Bonchev–Trinajstić information content (AvgIpc) is 2.54. The van der Waals surface area contributed by atoms with Crippen LogP contribution < -0.4 is 16.4 Å². The molecule has 128 valence electrons. The number of nitrogens with two attached hydrogens (primary N) is 1. The summed E-state index contributed by atoms with van der Waals surface area (Å²) in [4.78, 5) is 34.8. The molecule has 0 aliphatic carbocycles. The van der Waals surface area contributed by atoms with Gasteiger partial charge < -0.3 is 15.8 Å². The van der Waals surface area contributed by atoms with E-state index in [9.17, 15) is 14.4 Å². The summed E-state index contributed by atoms with van der Waals surface area (Å²) in [6.07, 6.45) is 6.64. The van der Waals surface area contributed by atoms with Crippen LogP contribution in [-0.2, 0) is 19.1 Å².